The topological polar surface area (TPSA) is 52.0 Å². The van der Waals surface area contributed by atoms with Gasteiger partial charge in [0.1, 0.15) is 12.1 Å². The van der Waals surface area contributed by atoms with Crippen molar-refractivity contribution in [2.45, 2.75) is 25.1 Å². The number of anilines is 1. The fourth-order valence-electron chi connectivity index (χ4n) is 3.25. The summed E-state index contributed by atoms with van der Waals surface area (Å²) in [6.07, 6.45) is 2.08. The zero-order chi connectivity index (χ0) is 18.1. The number of benzene rings is 2. The van der Waals surface area contributed by atoms with E-state index >= 15 is 0 Å². The van der Waals surface area contributed by atoms with Crippen molar-refractivity contribution >= 4 is 21.9 Å². The molecule has 0 saturated heterocycles. The Balaban J connectivity index is 1.73. The normalized spacial score (nSPS) is 19.1. The van der Waals surface area contributed by atoms with Crippen LogP contribution in [0, 0.1) is 0 Å². The van der Waals surface area contributed by atoms with Crippen molar-refractivity contribution in [1.82, 2.24) is 14.8 Å². The molecule has 8 heteroatoms. The van der Waals surface area contributed by atoms with E-state index in [0.29, 0.717) is 17.9 Å². The van der Waals surface area contributed by atoms with Gasteiger partial charge in [-0.2, -0.15) is 18.9 Å². The van der Waals surface area contributed by atoms with Gasteiger partial charge in [0, 0.05) is 10.0 Å². The second-order valence-electron chi connectivity index (χ2n) is 5.94. The number of para-hydroxylation sites is 1. The minimum absolute atomic E-state index is 0.0237. The highest BCUT2D eigenvalue weighted by Gasteiger charge is 2.31. The fourth-order valence-corrected chi connectivity index (χ4v) is 3.52. The minimum Gasteiger partial charge on any atom is -0.434 e. The highest BCUT2D eigenvalue weighted by molar-refractivity contribution is 9.10. The first-order valence-electron chi connectivity index (χ1n) is 8.07. The molecule has 2 heterocycles. The van der Waals surface area contributed by atoms with Crippen molar-refractivity contribution in [2.24, 2.45) is 0 Å². The van der Waals surface area contributed by atoms with Crippen molar-refractivity contribution in [3.05, 3.63) is 70.5 Å². The van der Waals surface area contributed by atoms with Crippen LogP contribution < -0.4 is 10.1 Å². The van der Waals surface area contributed by atoms with Gasteiger partial charge in [-0.1, -0.05) is 46.3 Å². The summed E-state index contributed by atoms with van der Waals surface area (Å²) >= 11 is 3.44. The van der Waals surface area contributed by atoms with Crippen LogP contribution in [0.1, 0.15) is 29.6 Å². The van der Waals surface area contributed by atoms with E-state index in [1.807, 2.05) is 24.3 Å². The molecule has 134 valence electrons. The molecular weight excluding hydrogens is 406 g/mol. The monoisotopic (exact) mass is 420 g/mol. The first-order valence-corrected chi connectivity index (χ1v) is 8.86. The van der Waals surface area contributed by atoms with E-state index in [0.717, 1.165) is 10.0 Å². The number of halogens is 3. The van der Waals surface area contributed by atoms with E-state index in [-0.39, 0.29) is 17.8 Å². The Morgan fingerprint density at radius 2 is 1.92 bits per heavy atom. The third-order valence-corrected chi connectivity index (χ3v) is 4.93. The molecule has 1 aliphatic rings. The van der Waals surface area contributed by atoms with Crippen LogP contribution in [0.4, 0.5) is 14.7 Å². The van der Waals surface area contributed by atoms with Gasteiger partial charge in [0.25, 0.3) is 0 Å². The fraction of sp³-hybridized carbons (Fsp3) is 0.222. The number of rotatable bonds is 4. The van der Waals surface area contributed by atoms with Gasteiger partial charge in [-0.25, -0.2) is 4.68 Å². The number of hydrogen-bond donors (Lipinski definition) is 1. The Bertz CT molecular complexity index is 900. The summed E-state index contributed by atoms with van der Waals surface area (Å²) in [5.74, 6) is 0.756. The lowest BCUT2D eigenvalue weighted by Gasteiger charge is -2.32. The second-order valence-corrected chi connectivity index (χ2v) is 6.86. The van der Waals surface area contributed by atoms with Crippen LogP contribution in [0.25, 0.3) is 0 Å². The number of nitrogens with one attached hydrogen (secondary N) is 1. The minimum atomic E-state index is -2.88. The maximum Gasteiger partial charge on any atom is 0.387 e. The summed E-state index contributed by atoms with van der Waals surface area (Å²) in [7, 11) is 0. The first-order chi connectivity index (χ1) is 12.6. The molecule has 0 amide bonds. The van der Waals surface area contributed by atoms with E-state index in [4.69, 9.17) is 4.74 Å². The maximum absolute atomic E-state index is 12.8. The molecule has 1 aromatic heterocycles. The zero-order valence-corrected chi connectivity index (χ0v) is 15.1. The SMILES string of the molecule is FC(F)Oc1ccccc1[C@H]1C[C@@H](c2ccc(Br)cc2)Nc2ncnn21. The highest BCUT2D eigenvalue weighted by Crippen LogP contribution is 2.40. The van der Waals surface area contributed by atoms with Crippen LogP contribution >= 0.6 is 15.9 Å². The molecule has 0 unspecified atom stereocenters. The molecule has 0 fully saturated rings. The van der Waals surface area contributed by atoms with E-state index in [1.54, 1.807) is 28.9 Å². The van der Waals surface area contributed by atoms with Crippen molar-refractivity contribution < 1.29 is 13.5 Å². The first kappa shape index (κ1) is 17.0. The van der Waals surface area contributed by atoms with Crippen LogP contribution in [0.15, 0.2) is 59.3 Å². The van der Waals surface area contributed by atoms with Gasteiger partial charge in [-0.15, -0.1) is 0 Å². The van der Waals surface area contributed by atoms with Crippen LogP contribution in [0.3, 0.4) is 0 Å². The number of hydrogen-bond acceptors (Lipinski definition) is 4. The molecule has 26 heavy (non-hydrogen) atoms. The Labute approximate surface area is 157 Å². The summed E-state index contributed by atoms with van der Waals surface area (Å²) < 4.78 is 33.0. The van der Waals surface area contributed by atoms with Crippen LogP contribution in [-0.2, 0) is 0 Å². The van der Waals surface area contributed by atoms with E-state index in [1.165, 1.54) is 6.33 Å². The van der Waals surface area contributed by atoms with Gasteiger partial charge < -0.3 is 10.1 Å². The largest absolute Gasteiger partial charge is 0.434 e. The third kappa shape index (κ3) is 3.29. The van der Waals surface area contributed by atoms with Crippen LogP contribution in [0.2, 0.25) is 0 Å². The van der Waals surface area contributed by atoms with E-state index in [9.17, 15) is 8.78 Å². The Hall–Kier alpha value is -2.48. The van der Waals surface area contributed by atoms with Gasteiger partial charge >= 0.3 is 6.61 Å². The maximum atomic E-state index is 12.8. The molecule has 4 rings (SSSR count). The van der Waals surface area contributed by atoms with Crippen molar-refractivity contribution in [2.75, 3.05) is 5.32 Å². The van der Waals surface area contributed by atoms with Crippen molar-refractivity contribution in [3.63, 3.8) is 0 Å². The van der Waals surface area contributed by atoms with Crippen LogP contribution in [-0.4, -0.2) is 21.4 Å². The average molecular weight is 421 g/mol. The molecule has 0 radical (unpaired) electrons. The lowest BCUT2D eigenvalue weighted by Crippen LogP contribution is -2.28. The third-order valence-electron chi connectivity index (χ3n) is 4.40. The quantitative estimate of drug-likeness (QED) is 0.659. The van der Waals surface area contributed by atoms with E-state index in [2.05, 4.69) is 31.3 Å². The van der Waals surface area contributed by atoms with Gasteiger partial charge in [0.2, 0.25) is 5.95 Å². The van der Waals surface area contributed by atoms with Gasteiger partial charge in [0.15, 0.2) is 0 Å². The molecule has 1 aliphatic heterocycles. The predicted molar refractivity (Wildman–Crippen MR) is 96.4 cm³/mol. The molecule has 5 nitrogen and oxygen atoms in total. The Morgan fingerprint density at radius 3 is 2.69 bits per heavy atom. The van der Waals surface area contributed by atoms with Gasteiger partial charge in [-0.3, -0.25) is 0 Å². The highest BCUT2D eigenvalue weighted by atomic mass is 79.9. The predicted octanol–water partition coefficient (Wildman–Crippen LogP) is 4.79. The van der Waals surface area contributed by atoms with Gasteiger partial charge in [-0.05, 0) is 30.2 Å². The number of ether oxygens (including phenoxy) is 1. The number of nitrogens with zero attached hydrogens (tertiary/aromatic N) is 3. The number of alkyl halides is 2. The number of aromatic nitrogens is 3. The summed E-state index contributed by atoms with van der Waals surface area (Å²) in [5.41, 5.74) is 1.74. The summed E-state index contributed by atoms with van der Waals surface area (Å²) in [6.45, 7) is -2.88. The summed E-state index contributed by atoms with van der Waals surface area (Å²) in [5, 5.41) is 7.63. The van der Waals surface area contributed by atoms with Crippen molar-refractivity contribution in [3.8, 4) is 5.75 Å². The summed E-state index contributed by atoms with van der Waals surface area (Å²) in [6, 6.07) is 14.5. The van der Waals surface area contributed by atoms with Crippen LogP contribution in [0.5, 0.6) is 5.75 Å². The Kier molecular flexibility index (Phi) is 4.58. The molecule has 0 bridgehead atoms. The molecule has 0 saturated carbocycles. The van der Waals surface area contributed by atoms with E-state index < -0.39 is 6.61 Å². The number of fused-ring (bicyclic) bond motifs is 1. The molecule has 0 spiro atoms. The average Bonchev–Trinajstić information content (AvgIpc) is 3.10. The second kappa shape index (κ2) is 7.03. The smallest absolute Gasteiger partial charge is 0.387 e. The Morgan fingerprint density at radius 1 is 1.15 bits per heavy atom. The lowest BCUT2D eigenvalue weighted by molar-refractivity contribution is -0.0507. The summed E-state index contributed by atoms with van der Waals surface area (Å²) in [4.78, 5) is 4.26. The molecule has 0 aliphatic carbocycles. The lowest BCUT2D eigenvalue weighted by atomic mass is 9.93. The molecule has 1 N–H and O–H groups in total. The van der Waals surface area contributed by atoms with Crippen molar-refractivity contribution in [1.29, 1.82) is 0 Å². The zero-order valence-electron chi connectivity index (χ0n) is 13.5. The molecule has 2 atom stereocenters. The molecule has 2 aromatic carbocycles. The van der Waals surface area contributed by atoms with Gasteiger partial charge in [0.05, 0.1) is 12.1 Å². The standard InChI is InChI=1S/C18H15BrF2N4O/c19-12-7-5-11(6-8-12)14-9-15(25-18(24-14)22-10-23-25)13-3-1-2-4-16(13)26-17(20)21/h1-8,10,14-15,17H,9H2,(H,22,23,24)/t14-,15+/m0/s1. The molecular formula is C18H15BrF2N4O. The molecule has 3 aromatic rings.